The number of ether oxygens (including phenoxy) is 3. The van der Waals surface area contributed by atoms with Crippen molar-refractivity contribution in [3.63, 3.8) is 0 Å². The molecule has 2 aromatic carbocycles. The summed E-state index contributed by atoms with van der Waals surface area (Å²) in [4.78, 5) is 45.3. The Morgan fingerprint density at radius 2 is 1.27 bits per heavy atom. The summed E-state index contributed by atoms with van der Waals surface area (Å²) in [6, 6.07) is 11.0. The summed E-state index contributed by atoms with van der Waals surface area (Å²) in [5, 5.41) is 0. The highest BCUT2D eigenvalue weighted by Gasteiger charge is 2.18. The van der Waals surface area contributed by atoms with Crippen LogP contribution in [0.25, 0.3) is 0 Å². The Labute approximate surface area is 233 Å². The molecule has 0 heterocycles. The molecule has 0 spiro atoms. The third-order valence-electron chi connectivity index (χ3n) is 5.30. The summed E-state index contributed by atoms with van der Waals surface area (Å²) in [6.45, 7) is 5.29. The zero-order valence-corrected chi connectivity index (χ0v) is 23.6. The van der Waals surface area contributed by atoms with Gasteiger partial charge in [-0.15, -0.1) is 0 Å². The van der Waals surface area contributed by atoms with Gasteiger partial charge in [-0.05, 0) is 82.0 Å². The van der Waals surface area contributed by atoms with Crippen molar-refractivity contribution in [2.75, 3.05) is 14.2 Å². The molecule has 0 aliphatic carbocycles. The SMILES string of the molecule is COC(=O)CCCC(=O)c1ccc(F)cc1.COC(=O)CCCC(NNC(=O)OC(C)(C)C)c1ccc(F)cc1. The fourth-order valence-corrected chi connectivity index (χ4v) is 3.29. The number of hydrogen-bond acceptors (Lipinski definition) is 8. The zero-order valence-electron chi connectivity index (χ0n) is 23.6. The summed E-state index contributed by atoms with van der Waals surface area (Å²) in [5.74, 6) is -1.43. The molecule has 0 bridgehead atoms. The number of nitrogens with one attached hydrogen (secondary N) is 2. The van der Waals surface area contributed by atoms with Crippen LogP contribution < -0.4 is 10.9 Å². The number of esters is 2. The quantitative estimate of drug-likeness (QED) is 0.148. The highest BCUT2D eigenvalue weighted by atomic mass is 19.1. The molecule has 9 nitrogen and oxygen atoms in total. The minimum atomic E-state index is -0.609. The number of Topliss-reactive ketones (excluding diaryl/α,β-unsaturated/α-hetero) is 1. The summed E-state index contributed by atoms with van der Waals surface area (Å²) in [6.07, 6.45) is 1.70. The van der Waals surface area contributed by atoms with Gasteiger partial charge in [-0.3, -0.25) is 19.8 Å². The van der Waals surface area contributed by atoms with Crippen LogP contribution in [0.3, 0.4) is 0 Å². The predicted molar refractivity (Wildman–Crippen MR) is 144 cm³/mol. The van der Waals surface area contributed by atoms with Gasteiger partial charge in [-0.2, -0.15) is 0 Å². The smallest absolute Gasteiger partial charge is 0.422 e. The lowest BCUT2D eigenvalue weighted by atomic mass is 10.0. The Morgan fingerprint density at radius 3 is 1.77 bits per heavy atom. The Morgan fingerprint density at radius 1 is 0.775 bits per heavy atom. The molecular weight excluding hydrogens is 526 g/mol. The van der Waals surface area contributed by atoms with Gasteiger partial charge in [-0.25, -0.2) is 19.0 Å². The van der Waals surface area contributed by atoms with Crippen LogP contribution in [0, 0.1) is 11.6 Å². The van der Waals surface area contributed by atoms with E-state index in [-0.39, 0.29) is 54.7 Å². The van der Waals surface area contributed by atoms with Gasteiger partial charge in [0.25, 0.3) is 0 Å². The number of carbonyl (C=O) groups excluding carboxylic acids is 4. The molecule has 1 unspecified atom stereocenters. The second-order valence-corrected chi connectivity index (χ2v) is 9.70. The van der Waals surface area contributed by atoms with Crippen LogP contribution in [0.5, 0.6) is 0 Å². The lowest BCUT2D eigenvalue weighted by Gasteiger charge is -2.23. The van der Waals surface area contributed by atoms with E-state index in [0.717, 1.165) is 5.56 Å². The van der Waals surface area contributed by atoms with Crippen molar-refractivity contribution >= 4 is 23.8 Å². The summed E-state index contributed by atoms with van der Waals surface area (Å²) in [5.41, 5.74) is 6.00. The van der Waals surface area contributed by atoms with Crippen molar-refractivity contribution in [3.8, 4) is 0 Å². The first-order valence-electron chi connectivity index (χ1n) is 12.8. The Kier molecular flexibility index (Phi) is 15.1. The minimum Gasteiger partial charge on any atom is -0.469 e. The van der Waals surface area contributed by atoms with Crippen LogP contribution >= 0.6 is 0 Å². The molecule has 0 saturated heterocycles. The molecular formula is C29H38F2N2O7. The number of hydrazine groups is 1. The molecule has 11 heteroatoms. The van der Waals surface area contributed by atoms with E-state index in [2.05, 4.69) is 20.3 Å². The summed E-state index contributed by atoms with van der Waals surface area (Å²) in [7, 11) is 2.65. The molecule has 0 saturated carbocycles. The van der Waals surface area contributed by atoms with Crippen LogP contribution in [-0.2, 0) is 23.8 Å². The van der Waals surface area contributed by atoms with Crippen LogP contribution in [0.1, 0.15) is 81.3 Å². The van der Waals surface area contributed by atoms with Crippen molar-refractivity contribution in [3.05, 3.63) is 71.3 Å². The normalized spacial score (nSPS) is 11.4. The summed E-state index contributed by atoms with van der Waals surface area (Å²) >= 11 is 0. The van der Waals surface area contributed by atoms with Crippen molar-refractivity contribution in [2.45, 2.75) is 70.9 Å². The average molecular weight is 565 g/mol. The number of carbonyl (C=O) groups is 4. The van der Waals surface area contributed by atoms with E-state index >= 15 is 0 Å². The molecule has 220 valence electrons. The van der Waals surface area contributed by atoms with Crippen LogP contribution in [0.15, 0.2) is 48.5 Å². The van der Waals surface area contributed by atoms with Gasteiger partial charge in [0.15, 0.2) is 5.78 Å². The molecule has 0 aliphatic rings. The molecule has 40 heavy (non-hydrogen) atoms. The van der Waals surface area contributed by atoms with Gasteiger partial charge < -0.3 is 14.2 Å². The van der Waals surface area contributed by atoms with Gasteiger partial charge in [0.2, 0.25) is 0 Å². The Balaban J connectivity index is 0.000000433. The summed E-state index contributed by atoms with van der Waals surface area (Å²) < 4.78 is 39.9. The van der Waals surface area contributed by atoms with Crippen LogP contribution in [0.4, 0.5) is 13.6 Å². The molecule has 2 rings (SSSR count). The molecule has 0 aromatic heterocycles. The first-order valence-corrected chi connectivity index (χ1v) is 12.8. The fraction of sp³-hybridized carbons (Fsp3) is 0.448. The third-order valence-corrected chi connectivity index (χ3v) is 5.30. The van der Waals surface area contributed by atoms with E-state index < -0.39 is 11.7 Å². The van der Waals surface area contributed by atoms with E-state index in [4.69, 9.17) is 4.74 Å². The lowest BCUT2D eigenvalue weighted by molar-refractivity contribution is -0.141. The molecule has 1 atom stereocenters. The second-order valence-electron chi connectivity index (χ2n) is 9.70. The van der Waals surface area contributed by atoms with Crippen molar-refractivity contribution in [1.82, 2.24) is 10.9 Å². The monoisotopic (exact) mass is 564 g/mol. The number of methoxy groups -OCH3 is 2. The maximum absolute atomic E-state index is 13.1. The van der Waals surface area contributed by atoms with Crippen molar-refractivity contribution < 1.29 is 42.2 Å². The number of ketones is 1. The number of benzene rings is 2. The molecule has 2 aromatic rings. The second kappa shape index (κ2) is 17.7. The lowest BCUT2D eigenvalue weighted by Crippen LogP contribution is -2.43. The van der Waals surface area contributed by atoms with Gasteiger partial charge in [0.05, 0.1) is 20.3 Å². The van der Waals surface area contributed by atoms with Crippen molar-refractivity contribution in [1.29, 1.82) is 0 Å². The van der Waals surface area contributed by atoms with E-state index in [9.17, 15) is 28.0 Å². The highest BCUT2D eigenvalue weighted by molar-refractivity contribution is 5.96. The van der Waals surface area contributed by atoms with E-state index in [1.807, 2.05) is 0 Å². The standard InChI is InChI=1S/C17H25FN2O4.C12H13FO3/c1-17(2,3)24-16(22)20-19-14(6-5-7-15(21)23-4)12-8-10-13(18)11-9-12;1-16-12(15)4-2-3-11(14)9-5-7-10(13)8-6-9/h8-11,14,19H,5-7H2,1-4H3,(H,20,22);5-8H,2-4H2,1H3. The van der Waals surface area contributed by atoms with Crippen molar-refractivity contribution in [2.24, 2.45) is 0 Å². The molecule has 0 radical (unpaired) electrons. The van der Waals surface area contributed by atoms with Gasteiger partial charge >= 0.3 is 18.0 Å². The molecule has 2 N–H and O–H groups in total. The minimum absolute atomic E-state index is 0.0936. The average Bonchev–Trinajstić information content (AvgIpc) is 2.90. The number of amides is 1. The van der Waals surface area contributed by atoms with Gasteiger partial charge in [0.1, 0.15) is 17.2 Å². The first-order chi connectivity index (χ1) is 18.8. The number of hydrogen-bond donors (Lipinski definition) is 2. The Bertz CT molecular complexity index is 1090. The van der Waals surface area contributed by atoms with Gasteiger partial charge in [0, 0.05) is 24.8 Å². The Hall–Kier alpha value is -3.86. The first kappa shape index (κ1) is 34.2. The largest absolute Gasteiger partial charge is 0.469 e. The maximum Gasteiger partial charge on any atom is 0.422 e. The fourth-order valence-electron chi connectivity index (χ4n) is 3.29. The van der Waals surface area contributed by atoms with Gasteiger partial charge in [-0.1, -0.05) is 12.1 Å². The van der Waals surface area contributed by atoms with E-state index in [1.54, 1.807) is 32.9 Å². The highest BCUT2D eigenvalue weighted by Crippen LogP contribution is 2.20. The zero-order chi connectivity index (χ0) is 30.1. The van der Waals surface area contributed by atoms with E-state index in [1.165, 1.54) is 50.6 Å². The number of rotatable bonds is 12. The number of halogens is 2. The van der Waals surface area contributed by atoms with E-state index in [0.29, 0.717) is 24.8 Å². The van der Waals surface area contributed by atoms with Crippen LogP contribution in [-0.4, -0.2) is 43.6 Å². The topological polar surface area (TPSA) is 120 Å². The third kappa shape index (κ3) is 14.9. The van der Waals surface area contributed by atoms with Crippen LogP contribution in [0.2, 0.25) is 0 Å². The molecule has 0 fully saturated rings. The molecule has 1 amide bonds. The molecule has 0 aliphatic heterocycles. The maximum atomic E-state index is 13.1. The predicted octanol–water partition coefficient (Wildman–Crippen LogP) is 5.59.